The molecule has 1 unspecified atom stereocenters. The highest BCUT2D eigenvalue weighted by atomic mass is 16.3. The Balaban J connectivity index is 1.60. The number of likely N-dealkylation sites (tertiary alicyclic amines) is 1. The second-order valence-electron chi connectivity index (χ2n) is 7.26. The molecule has 0 spiro atoms. The van der Waals surface area contributed by atoms with Crippen LogP contribution in [-0.4, -0.2) is 30.4 Å². The number of hydrogen-bond donors (Lipinski definition) is 1. The van der Waals surface area contributed by atoms with Crippen LogP contribution in [0.3, 0.4) is 0 Å². The molecule has 1 aliphatic rings. The number of hydrogen-bond acceptors (Lipinski definition) is 3. The Labute approximate surface area is 156 Å². The van der Waals surface area contributed by atoms with E-state index in [1.54, 1.807) is 6.26 Å². The van der Waals surface area contributed by atoms with Crippen molar-refractivity contribution < 1.29 is 9.21 Å². The van der Waals surface area contributed by atoms with Gasteiger partial charge in [-0.25, -0.2) is 0 Å². The van der Waals surface area contributed by atoms with Crippen LogP contribution in [0.25, 0.3) is 0 Å². The largest absolute Gasteiger partial charge is 0.469 e. The average Bonchev–Trinajstić information content (AvgIpc) is 3.03. The molecule has 1 fully saturated rings. The predicted octanol–water partition coefficient (Wildman–Crippen LogP) is 4.25. The summed E-state index contributed by atoms with van der Waals surface area (Å²) in [7, 11) is 0. The third-order valence-electron chi connectivity index (χ3n) is 5.21. The van der Waals surface area contributed by atoms with Gasteiger partial charge in [-0.1, -0.05) is 42.7 Å². The number of carbonyl (C=O) groups excluding carboxylic acids is 1. The quantitative estimate of drug-likeness (QED) is 0.808. The van der Waals surface area contributed by atoms with Crippen molar-refractivity contribution in [2.45, 2.75) is 51.5 Å². The number of amides is 1. The molecular weight excluding hydrogens is 324 g/mol. The van der Waals surface area contributed by atoms with Gasteiger partial charge < -0.3 is 9.73 Å². The summed E-state index contributed by atoms with van der Waals surface area (Å²) in [5.41, 5.74) is 2.56. The Hall–Kier alpha value is -2.07. The Morgan fingerprint density at radius 1 is 1.12 bits per heavy atom. The molecular formula is C22H30N2O2. The first-order valence-electron chi connectivity index (χ1n) is 9.82. The number of benzene rings is 1. The van der Waals surface area contributed by atoms with Crippen LogP contribution in [0.5, 0.6) is 0 Å². The zero-order valence-electron chi connectivity index (χ0n) is 15.7. The van der Waals surface area contributed by atoms with Crippen LogP contribution in [0.4, 0.5) is 0 Å². The van der Waals surface area contributed by atoms with Crippen LogP contribution in [-0.2, 0) is 11.2 Å². The molecule has 4 heteroatoms. The number of rotatable bonds is 7. The highest BCUT2D eigenvalue weighted by Gasteiger charge is 2.22. The molecule has 1 aromatic heterocycles. The number of furan rings is 1. The van der Waals surface area contributed by atoms with E-state index in [0.29, 0.717) is 19.4 Å². The zero-order valence-corrected chi connectivity index (χ0v) is 15.7. The normalized spacial score (nSPS) is 16.8. The third-order valence-corrected chi connectivity index (χ3v) is 5.21. The van der Waals surface area contributed by atoms with E-state index in [0.717, 1.165) is 18.8 Å². The van der Waals surface area contributed by atoms with Gasteiger partial charge in [0.25, 0.3) is 0 Å². The summed E-state index contributed by atoms with van der Waals surface area (Å²) >= 11 is 0. The minimum Gasteiger partial charge on any atom is -0.469 e. The maximum Gasteiger partial charge on any atom is 0.220 e. The fraction of sp³-hybridized carbons (Fsp3) is 0.500. The maximum atomic E-state index is 12.3. The molecule has 1 aromatic carbocycles. The smallest absolute Gasteiger partial charge is 0.220 e. The van der Waals surface area contributed by atoms with E-state index in [1.807, 2.05) is 12.1 Å². The van der Waals surface area contributed by atoms with Crippen molar-refractivity contribution in [2.75, 3.05) is 19.6 Å². The Morgan fingerprint density at radius 2 is 1.85 bits per heavy atom. The topological polar surface area (TPSA) is 45.5 Å². The molecule has 0 bridgehead atoms. The van der Waals surface area contributed by atoms with Gasteiger partial charge in [-0.05, 0) is 50.6 Å². The second-order valence-corrected chi connectivity index (χ2v) is 7.26. The molecule has 1 amide bonds. The number of nitrogens with one attached hydrogen (secondary N) is 1. The van der Waals surface area contributed by atoms with E-state index >= 15 is 0 Å². The van der Waals surface area contributed by atoms with Crippen molar-refractivity contribution in [3.63, 3.8) is 0 Å². The molecule has 2 heterocycles. The van der Waals surface area contributed by atoms with Gasteiger partial charge in [0, 0.05) is 19.4 Å². The predicted molar refractivity (Wildman–Crippen MR) is 104 cm³/mol. The summed E-state index contributed by atoms with van der Waals surface area (Å²) in [5, 5.41) is 3.15. The molecule has 140 valence electrons. The van der Waals surface area contributed by atoms with Crippen LogP contribution in [0.1, 0.15) is 55.0 Å². The molecule has 0 saturated carbocycles. The third kappa shape index (κ3) is 5.46. The van der Waals surface area contributed by atoms with E-state index in [9.17, 15) is 4.79 Å². The van der Waals surface area contributed by atoms with Gasteiger partial charge in [0.1, 0.15) is 5.76 Å². The number of carbonyl (C=O) groups is 1. The Kier molecular flexibility index (Phi) is 6.89. The summed E-state index contributed by atoms with van der Waals surface area (Å²) in [6.07, 6.45) is 7.88. The van der Waals surface area contributed by atoms with Gasteiger partial charge in [-0.3, -0.25) is 9.69 Å². The first-order valence-corrected chi connectivity index (χ1v) is 9.82. The second kappa shape index (κ2) is 9.58. The van der Waals surface area contributed by atoms with Crippen molar-refractivity contribution in [3.8, 4) is 0 Å². The lowest BCUT2D eigenvalue weighted by Crippen LogP contribution is -2.38. The zero-order chi connectivity index (χ0) is 18.2. The summed E-state index contributed by atoms with van der Waals surface area (Å²) in [6.45, 7) is 5.00. The highest BCUT2D eigenvalue weighted by molar-refractivity contribution is 5.76. The lowest BCUT2D eigenvalue weighted by atomic mass is 10.0. The molecule has 0 radical (unpaired) electrons. The summed E-state index contributed by atoms with van der Waals surface area (Å²) in [5.74, 6) is 0.955. The van der Waals surface area contributed by atoms with Crippen molar-refractivity contribution >= 4 is 5.91 Å². The molecule has 4 nitrogen and oxygen atoms in total. The van der Waals surface area contributed by atoms with Crippen LogP contribution in [0.2, 0.25) is 0 Å². The van der Waals surface area contributed by atoms with Crippen LogP contribution in [0, 0.1) is 6.92 Å². The maximum absolute atomic E-state index is 12.3. The lowest BCUT2D eigenvalue weighted by molar-refractivity contribution is -0.121. The van der Waals surface area contributed by atoms with E-state index in [1.165, 1.54) is 36.8 Å². The summed E-state index contributed by atoms with van der Waals surface area (Å²) in [4.78, 5) is 14.9. The van der Waals surface area contributed by atoms with E-state index < -0.39 is 0 Å². The van der Waals surface area contributed by atoms with Crippen molar-refractivity contribution in [2.24, 2.45) is 0 Å². The number of aryl methyl sites for hydroxylation is 2. The van der Waals surface area contributed by atoms with E-state index in [4.69, 9.17) is 4.42 Å². The molecule has 1 atom stereocenters. The van der Waals surface area contributed by atoms with Crippen LogP contribution < -0.4 is 5.32 Å². The first kappa shape index (κ1) is 18.7. The SMILES string of the molecule is Cc1ccc(C(CNC(=O)CCc2ccco2)N2CCCCCC2)cc1. The van der Waals surface area contributed by atoms with Gasteiger partial charge in [0.15, 0.2) is 0 Å². The monoisotopic (exact) mass is 354 g/mol. The van der Waals surface area contributed by atoms with Gasteiger partial charge in [-0.2, -0.15) is 0 Å². The van der Waals surface area contributed by atoms with Gasteiger partial charge >= 0.3 is 0 Å². The molecule has 2 aromatic rings. The van der Waals surface area contributed by atoms with Gasteiger partial charge in [0.05, 0.1) is 12.3 Å². The fourth-order valence-corrected chi connectivity index (χ4v) is 3.64. The van der Waals surface area contributed by atoms with Gasteiger partial charge in [0.2, 0.25) is 5.91 Å². The Morgan fingerprint density at radius 3 is 2.50 bits per heavy atom. The molecule has 1 saturated heterocycles. The lowest BCUT2D eigenvalue weighted by Gasteiger charge is -2.31. The van der Waals surface area contributed by atoms with Crippen LogP contribution >= 0.6 is 0 Å². The molecule has 26 heavy (non-hydrogen) atoms. The minimum absolute atomic E-state index is 0.0910. The molecule has 1 N–H and O–H groups in total. The van der Waals surface area contributed by atoms with Crippen molar-refractivity contribution in [3.05, 3.63) is 59.5 Å². The molecule has 3 rings (SSSR count). The number of nitrogens with zero attached hydrogens (tertiary/aromatic N) is 1. The van der Waals surface area contributed by atoms with Gasteiger partial charge in [-0.15, -0.1) is 0 Å². The summed E-state index contributed by atoms with van der Waals surface area (Å²) in [6, 6.07) is 12.8. The highest BCUT2D eigenvalue weighted by Crippen LogP contribution is 2.24. The van der Waals surface area contributed by atoms with Crippen molar-refractivity contribution in [1.29, 1.82) is 0 Å². The molecule has 0 aliphatic carbocycles. The standard InChI is InChI=1S/C22H30N2O2/c1-18-8-10-19(11-9-18)21(24-14-4-2-3-5-15-24)17-23-22(25)13-12-20-7-6-16-26-20/h6-11,16,21H,2-5,12-15,17H2,1H3,(H,23,25). The summed E-state index contributed by atoms with van der Waals surface area (Å²) < 4.78 is 5.31. The fourth-order valence-electron chi connectivity index (χ4n) is 3.64. The minimum atomic E-state index is 0.0910. The average molecular weight is 354 g/mol. The van der Waals surface area contributed by atoms with Crippen molar-refractivity contribution in [1.82, 2.24) is 10.2 Å². The molecule has 1 aliphatic heterocycles. The van der Waals surface area contributed by atoms with E-state index in [2.05, 4.69) is 41.4 Å². The van der Waals surface area contributed by atoms with E-state index in [-0.39, 0.29) is 11.9 Å². The first-order chi connectivity index (χ1) is 12.7. The Bertz CT molecular complexity index is 656. The van der Waals surface area contributed by atoms with Crippen LogP contribution in [0.15, 0.2) is 47.1 Å².